The van der Waals surface area contributed by atoms with Gasteiger partial charge >= 0.3 is 0 Å². The van der Waals surface area contributed by atoms with Gasteiger partial charge in [-0.15, -0.1) is 0 Å². The Morgan fingerprint density at radius 3 is 2.94 bits per heavy atom. The average molecular weight is 296 g/mol. The van der Waals surface area contributed by atoms with Gasteiger partial charge in [0.05, 0.1) is 0 Å². The van der Waals surface area contributed by atoms with Crippen LogP contribution in [0.3, 0.4) is 0 Å². The van der Waals surface area contributed by atoms with Crippen LogP contribution in [0.1, 0.15) is 15.9 Å². The third-order valence-corrected chi connectivity index (χ3v) is 2.79. The van der Waals surface area contributed by atoms with Crippen LogP contribution in [0.25, 0.3) is 0 Å². The Kier molecular flexibility index (Phi) is 3.14. The molecule has 0 radical (unpaired) electrons. The highest BCUT2D eigenvalue weighted by Crippen LogP contribution is 2.23. The van der Waals surface area contributed by atoms with Crippen LogP contribution < -0.4 is 11.1 Å². The van der Waals surface area contributed by atoms with Crippen molar-refractivity contribution in [1.82, 2.24) is 5.16 Å². The number of anilines is 2. The number of rotatable bonds is 2. The van der Waals surface area contributed by atoms with E-state index in [1.165, 1.54) is 6.26 Å². The molecular formula is C11H10BrN3O2. The third kappa shape index (κ3) is 2.47. The van der Waals surface area contributed by atoms with Crippen LogP contribution in [0.2, 0.25) is 0 Å². The Bertz CT molecular complexity index is 552. The van der Waals surface area contributed by atoms with Gasteiger partial charge in [-0.2, -0.15) is 0 Å². The van der Waals surface area contributed by atoms with Crippen molar-refractivity contribution in [2.75, 3.05) is 11.1 Å². The number of nitrogen functional groups attached to an aromatic ring is 1. The van der Waals surface area contributed by atoms with E-state index in [1.807, 2.05) is 0 Å². The normalized spacial score (nSPS) is 10.2. The van der Waals surface area contributed by atoms with Gasteiger partial charge in [-0.1, -0.05) is 21.1 Å². The van der Waals surface area contributed by atoms with Crippen molar-refractivity contribution in [3.05, 3.63) is 40.1 Å². The number of amides is 1. The number of aromatic nitrogens is 1. The second-order valence-electron chi connectivity index (χ2n) is 3.51. The molecule has 6 heteroatoms. The van der Waals surface area contributed by atoms with Crippen LogP contribution in [0.15, 0.2) is 33.5 Å². The Morgan fingerprint density at radius 2 is 2.29 bits per heavy atom. The SMILES string of the molecule is Cc1c(N)cc(Br)cc1C(=O)Nc1ccon1. The molecule has 3 N–H and O–H groups in total. The van der Waals surface area contributed by atoms with Crippen molar-refractivity contribution in [2.24, 2.45) is 0 Å². The standard InChI is InChI=1S/C11H10BrN3O2/c1-6-8(4-7(12)5-9(6)13)11(16)14-10-2-3-17-15-10/h2-5H,13H2,1H3,(H,14,15,16). The van der Waals surface area contributed by atoms with E-state index in [0.717, 1.165) is 10.0 Å². The number of carbonyl (C=O) groups excluding carboxylic acids is 1. The molecule has 0 spiro atoms. The molecule has 1 aromatic carbocycles. The molecule has 1 heterocycles. The van der Waals surface area contributed by atoms with Gasteiger partial charge in [0.2, 0.25) is 0 Å². The number of carbonyl (C=O) groups is 1. The van der Waals surface area contributed by atoms with E-state index in [2.05, 4.69) is 30.9 Å². The first-order valence-electron chi connectivity index (χ1n) is 4.85. The highest BCUT2D eigenvalue weighted by atomic mass is 79.9. The fraction of sp³-hybridized carbons (Fsp3) is 0.0909. The number of nitrogens with two attached hydrogens (primary N) is 1. The van der Waals surface area contributed by atoms with Gasteiger partial charge in [-0.3, -0.25) is 4.79 Å². The Labute approximate surface area is 106 Å². The van der Waals surface area contributed by atoms with Crippen molar-refractivity contribution >= 4 is 33.3 Å². The quantitative estimate of drug-likeness (QED) is 0.835. The van der Waals surface area contributed by atoms with Gasteiger partial charge in [-0.25, -0.2) is 0 Å². The second-order valence-corrected chi connectivity index (χ2v) is 4.42. The zero-order chi connectivity index (χ0) is 12.4. The molecule has 17 heavy (non-hydrogen) atoms. The van der Waals surface area contributed by atoms with Gasteiger partial charge in [0.25, 0.3) is 5.91 Å². The van der Waals surface area contributed by atoms with E-state index >= 15 is 0 Å². The maximum atomic E-state index is 12.0. The molecule has 1 amide bonds. The average Bonchev–Trinajstić information content (AvgIpc) is 2.76. The fourth-order valence-electron chi connectivity index (χ4n) is 1.40. The topological polar surface area (TPSA) is 81.2 Å². The van der Waals surface area contributed by atoms with Crippen molar-refractivity contribution in [3.8, 4) is 0 Å². The molecule has 0 aliphatic rings. The lowest BCUT2D eigenvalue weighted by atomic mass is 10.1. The first kappa shape index (κ1) is 11.7. The first-order valence-corrected chi connectivity index (χ1v) is 5.64. The third-order valence-electron chi connectivity index (χ3n) is 2.34. The summed E-state index contributed by atoms with van der Waals surface area (Å²) in [6.07, 6.45) is 1.39. The summed E-state index contributed by atoms with van der Waals surface area (Å²) in [6, 6.07) is 5.03. The molecular weight excluding hydrogens is 286 g/mol. The lowest BCUT2D eigenvalue weighted by Gasteiger charge is -2.08. The summed E-state index contributed by atoms with van der Waals surface area (Å²) in [4.78, 5) is 12.0. The zero-order valence-electron chi connectivity index (χ0n) is 9.03. The van der Waals surface area contributed by atoms with Gasteiger partial charge in [-0.05, 0) is 24.6 Å². The minimum Gasteiger partial charge on any atom is -0.398 e. The molecule has 2 rings (SSSR count). The van der Waals surface area contributed by atoms with E-state index < -0.39 is 0 Å². The first-order chi connectivity index (χ1) is 8.08. The van der Waals surface area contributed by atoms with E-state index in [0.29, 0.717) is 17.1 Å². The molecule has 5 nitrogen and oxygen atoms in total. The van der Waals surface area contributed by atoms with Crippen LogP contribution in [-0.4, -0.2) is 11.1 Å². The van der Waals surface area contributed by atoms with Gasteiger partial charge in [0, 0.05) is 21.8 Å². The fourth-order valence-corrected chi connectivity index (χ4v) is 1.87. The number of hydrogen-bond acceptors (Lipinski definition) is 4. The Hall–Kier alpha value is -1.82. The van der Waals surface area contributed by atoms with Crippen LogP contribution in [0.4, 0.5) is 11.5 Å². The summed E-state index contributed by atoms with van der Waals surface area (Å²) in [7, 11) is 0. The number of halogens is 1. The van der Waals surface area contributed by atoms with E-state index in [1.54, 1.807) is 25.1 Å². The van der Waals surface area contributed by atoms with Crippen molar-refractivity contribution in [1.29, 1.82) is 0 Å². The minimum atomic E-state index is -0.274. The molecule has 0 saturated heterocycles. The largest absolute Gasteiger partial charge is 0.398 e. The van der Waals surface area contributed by atoms with Gasteiger partial charge in [0.1, 0.15) is 6.26 Å². The monoisotopic (exact) mass is 295 g/mol. The summed E-state index contributed by atoms with van der Waals surface area (Å²) in [5.41, 5.74) is 7.58. The molecule has 0 aliphatic heterocycles. The Balaban J connectivity index is 2.31. The number of benzene rings is 1. The van der Waals surface area contributed by atoms with Gasteiger partial charge in [0.15, 0.2) is 5.82 Å². The molecule has 88 valence electrons. The zero-order valence-corrected chi connectivity index (χ0v) is 10.6. The summed E-state index contributed by atoms with van der Waals surface area (Å²) in [5.74, 6) is 0.0948. The summed E-state index contributed by atoms with van der Waals surface area (Å²) >= 11 is 3.30. The van der Waals surface area contributed by atoms with Gasteiger partial charge < -0.3 is 15.6 Å². The predicted octanol–water partition coefficient (Wildman–Crippen LogP) is 2.58. The summed E-state index contributed by atoms with van der Waals surface area (Å²) < 4.78 is 5.39. The molecule has 0 bridgehead atoms. The van der Waals surface area contributed by atoms with Crippen molar-refractivity contribution in [2.45, 2.75) is 6.92 Å². The van der Waals surface area contributed by atoms with Crippen molar-refractivity contribution in [3.63, 3.8) is 0 Å². The Morgan fingerprint density at radius 1 is 1.53 bits per heavy atom. The lowest BCUT2D eigenvalue weighted by molar-refractivity contribution is 0.102. The van der Waals surface area contributed by atoms with E-state index in [-0.39, 0.29) is 5.91 Å². The molecule has 2 aromatic rings. The summed E-state index contributed by atoms with van der Waals surface area (Å²) in [6.45, 7) is 1.79. The van der Waals surface area contributed by atoms with Crippen molar-refractivity contribution < 1.29 is 9.32 Å². The lowest BCUT2D eigenvalue weighted by Crippen LogP contribution is -2.14. The number of nitrogens with zero attached hydrogens (tertiary/aromatic N) is 1. The second kappa shape index (κ2) is 4.58. The number of nitrogens with one attached hydrogen (secondary N) is 1. The van der Waals surface area contributed by atoms with E-state index in [4.69, 9.17) is 5.73 Å². The molecule has 0 unspecified atom stereocenters. The molecule has 0 saturated carbocycles. The highest BCUT2D eigenvalue weighted by Gasteiger charge is 2.13. The minimum absolute atomic E-state index is 0.274. The predicted molar refractivity (Wildman–Crippen MR) is 67.7 cm³/mol. The molecule has 1 aromatic heterocycles. The maximum absolute atomic E-state index is 12.0. The van der Waals surface area contributed by atoms with Crippen LogP contribution in [0.5, 0.6) is 0 Å². The summed E-state index contributed by atoms with van der Waals surface area (Å²) in [5, 5.41) is 6.22. The van der Waals surface area contributed by atoms with E-state index in [9.17, 15) is 4.79 Å². The highest BCUT2D eigenvalue weighted by molar-refractivity contribution is 9.10. The molecule has 0 fully saturated rings. The van der Waals surface area contributed by atoms with Crippen LogP contribution >= 0.6 is 15.9 Å². The molecule has 0 atom stereocenters. The van der Waals surface area contributed by atoms with Crippen LogP contribution in [0, 0.1) is 6.92 Å². The maximum Gasteiger partial charge on any atom is 0.257 e. The smallest absolute Gasteiger partial charge is 0.257 e. The molecule has 0 aliphatic carbocycles. The van der Waals surface area contributed by atoms with Crippen LogP contribution in [-0.2, 0) is 0 Å². The number of hydrogen-bond donors (Lipinski definition) is 2.